The fourth-order valence-corrected chi connectivity index (χ4v) is 1.50. The second-order valence-corrected chi connectivity index (χ2v) is 4.28. The lowest BCUT2D eigenvalue weighted by molar-refractivity contribution is 0.290. The predicted molar refractivity (Wildman–Crippen MR) is 66.9 cm³/mol. The average molecular weight is 251 g/mol. The van der Waals surface area contributed by atoms with E-state index in [2.05, 4.69) is 34.5 Å². The average Bonchev–Trinajstić information content (AvgIpc) is 2.70. The SMILES string of the molecule is CC(C)NCCCOc1ccc2n[nH]c(=O)n2n1. The molecule has 0 aliphatic rings. The first-order chi connectivity index (χ1) is 8.66. The highest BCUT2D eigenvalue weighted by molar-refractivity contribution is 5.35. The van der Waals surface area contributed by atoms with Gasteiger partial charge in [0.15, 0.2) is 5.65 Å². The number of H-pyrrole nitrogens is 1. The Labute approximate surface area is 104 Å². The zero-order valence-electron chi connectivity index (χ0n) is 10.5. The second-order valence-electron chi connectivity index (χ2n) is 4.28. The van der Waals surface area contributed by atoms with Gasteiger partial charge in [0.1, 0.15) is 0 Å². The molecule has 98 valence electrons. The lowest BCUT2D eigenvalue weighted by Gasteiger charge is -2.08. The smallest absolute Gasteiger partial charge is 0.364 e. The minimum Gasteiger partial charge on any atom is -0.477 e. The summed E-state index contributed by atoms with van der Waals surface area (Å²) in [5, 5.41) is 13.4. The van der Waals surface area contributed by atoms with Gasteiger partial charge in [-0.25, -0.2) is 9.89 Å². The minimum absolute atomic E-state index is 0.364. The van der Waals surface area contributed by atoms with E-state index in [1.165, 1.54) is 4.52 Å². The van der Waals surface area contributed by atoms with Gasteiger partial charge in [-0.2, -0.15) is 9.61 Å². The lowest BCUT2D eigenvalue weighted by atomic mass is 10.3. The molecular weight excluding hydrogens is 234 g/mol. The maximum absolute atomic E-state index is 11.3. The molecule has 0 radical (unpaired) electrons. The summed E-state index contributed by atoms with van der Waals surface area (Å²) in [5.41, 5.74) is 0.116. The van der Waals surface area contributed by atoms with Crippen molar-refractivity contribution in [3.05, 3.63) is 22.6 Å². The van der Waals surface area contributed by atoms with E-state index in [0.29, 0.717) is 24.2 Å². The van der Waals surface area contributed by atoms with Gasteiger partial charge in [-0.05, 0) is 19.0 Å². The van der Waals surface area contributed by atoms with Crippen LogP contribution in [-0.2, 0) is 0 Å². The third-order valence-electron chi connectivity index (χ3n) is 2.37. The molecule has 7 nitrogen and oxygen atoms in total. The Morgan fingerprint density at radius 3 is 3.11 bits per heavy atom. The van der Waals surface area contributed by atoms with Gasteiger partial charge < -0.3 is 10.1 Å². The standard InChI is InChI=1S/C11H17N5O2/c1-8(2)12-6-3-7-18-10-5-4-9-13-14-11(17)16(9)15-10/h4-5,8,12H,3,6-7H2,1-2H3,(H,14,17). The molecule has 0 spiro atoms. The Morgan fingerprint density at radius 2 is 2.33 bits per heavy atom. The van der Waals surface area contributed by atoms with Gasteiger partial charge in [0, 0.05) is 12.1 Å². The number of nitrogens with zero attached hydrogens (tertiary/aromatic N) is 3. The van der Waals surface area contributed by atoms with Crippen molar-refractivity contribution in [1.29, 1.82) is 0 Å². The van der Waals surface area contributed by atoms with Crippen LogP contribution >= 0.6 is 0 Å². The maximum atomic E-state index is 11.3. The maximum Gasteiger partial charge on any atom is 0.364 e. The Bertz CT molecular complexity index is 560. The molecule has 2 heterocycles. The highest BCUT2D eigenvalue weighted by atomic mass is 16.5. The molecule has 0 atom stereocenters. The Kier molecular flexibility index (Phi) is 3.93. The van der Waals surface area contributed by atoms with Crippen molar-refractivity contribution >= 4 is 5.65 Å². The van der Waals surface area contributed by atoms with Gasteiger partial charge in [-0.15, -0.1) is 5.10 Å². The van der Waals surface area contributed by atoms with E-state index in [9.17, 15) is 4.79 Å². The normalized spacial score (nSPS) is 11.3. The zero-order chi connectivity index (χ0) is 13.0. The molecular formula is C11H17N5O2. The molecule has 0 unspecified atom stereocenters. The summed E-state index contributed by atoms with van der Waals surface area (Å²) in [6.45, 7) is 5.65. The molecule has 0 aliphatic carbocycles. The lowest BCUT2D eigenvalue weighted by Crippen LogP contribution is -2.24. The molecule has 0 amide bonds. The molecule has 0 aromatic carbocycles. The number of nitrogens with one attached hydrogen (secondary N) is 2. The molecule has 7 heteroatoms. The Balaban J connectivity index is 1.88. The molecule has 2 aromatic rings. The Hall–Kier alpha value is -1.89. The van der Waals surface area contributed by atoms with E-state index < -0.39 is 0 Å². The van der Waals surface area contributed by atoms with Crippen LogP contribution in [0.25, 0.3) is 5.65 Å². The number of fused-ring (bicyclic) bond motifs is 1. The topological polar surface area (TPSA) is 84.3 Å². The monoisotopic (exact) mass is 251 g/mol. The first-order valence-corrected chi connectivity index (χ1v) is 5.97. The van der Waals surface area contributed by atoms with Crippen molar-refractivity contribution < 1.29 is 4.74 Å². The van der Waals surface area contributed by atoms with E-state index in [4.69, 9.17) is 4.74 Å². The molecule has 0 saturated heterocycles. The van der Waals surface area contributed by atoms with E-state index in [0.717, 1.165) is 13.0 Å². The van der Waals surface area contributed by atoms with Crippen molar-refractivity contribution in [3.8, 4) is 5.88 Å². The third kappa shape index (κ3) is 3.07. The fourth-order valence-electron chi connectivity index (χ4n) is 1.50. The summed E-state index contributed by atoms with van der Waals surface area (Å²) >= 11 is 0. The van der Waals surface area contributed by atoms with Crippen molar-refractivity contribution in [1.82, 2.24) is 25.1 Å². The summed E-state index contributed by atoms with van der Waals surface area (Å²) in [7, 11) is 0. The number of aromatic amines is 1. The molecule has 2 aromatic heterocycles. The van der Waals surface area contributed by atoms with Crippen molar-refractivity contribution in [2.75, 3.05) is 13.2 Å². The van der Waals surface area contributed by atoms with E-state index in [1.807, 2.05) is 0 Å². The second kappa shape index (κ2) is 5.63. The first-order valence-electron chi connectivity index (χ1n) is 5.97. The van der Waals surface area contributed by atoms with Gasteiger partial charge in [-0.1, -0.05) is 13.8 Å². The third-order valence-corrected chi connectivity index (χ3v) is 2.37. The summed E-state index contributed by atoms with van der Waals surface area (Å²) < 4.78 is 6.65. The van der Waals surface area contributed by atoms with Crippen LogP contribution < -0.4 is 15.7 Å². The van der Waals surface area contributed by atoms with Gasteiger partial charge in [-0.3, -0.25) is 0 Å². The van der Waals surface area contributed by atoms with Gasteiger partial charge in [0.25, 0.3) is 0 Å². The zero-order valence-corrected chi connectivity index (χ0v) is 10.5. The van der Waals surface area contributed by atoms with Crippen LogP contribution in [0.2, 0.25) is 0 Å². The quantitative estimate of drug-likeness (QED) is 0.716. The molecule has 0 fully saturated rings. The highest BCUT2D eigenvalue weighted by Crippen LogP contribution is 2.05. The first kappa shape index (κ1) is 12.6. The van der Waals surface area contributed by atoms with E-state index >= 15 is 0 Å². The van der Waals surface area contributed by atoms with Gasteiger partial charge >= 0.3 is 5.69 Å². The molecule has 2 N–H and O–H groups in total. The number of hydrogen-bond donors (Lipinski definition) is 2. The largest absolute Gasteiger partial charge is 0.477 e. The number of ether oxygens (including phenoxy) is 1. The Morgan fingerprint density at radius 1 is 1.50 bits per heavy atom. The molecule has 18 heavy (non-hydrogen) atoms. The van der Waals surface area contributed by atoms with Gasteiger partial charge in [0.2, 0.25) is 5.88 Å². The van der Waals surface area contributed by atoms with Crippen LogP contribution in [0.5, 0.6) is 5.88 Å². The van der Waals surface area contributed by atoms with Crippen LogP contribution in [0.4, 0.5) is 0 Å². The molecule has 2 rings (SSSR count). The minimum atomic E-state index is -0.364. The summed E-state index contributed by atoms with van der Waals surface area (Å²) in [6.07, 6.45) is 0.887. The van der Waals surface area contributed by atoms with Crippen LogP contribution in [-0.4, -0.2) is 39.0 Å². The van der Waals surface area contributed by atoms with Crippen molar-refractivity contribution in [3.63, 3.8) is 0 Å². The highest BCUT2D eigenvalue weighted by Gasteiger charge is 2.03. The van der Waals surface area contributed by atoms with E-state index in [-0.39, 0.29) is 5.69 Å². The van der Waals surface area contributed by atoms with E-state index in [1.54, 1.807) is 12.1 Å². The molecule has 0 aliphatic heterocycles. The van der Waals surface area contributed by atoms with Crippen molar-refractivity contribution in [2.24, 2.45) is 0 Å². The van der Waals surface area contributed by atoms with Crippen LogP contribution in [0.15, 0.2) is 16.9 Å². The molecule has 0 bridgehead atoms. The summed E-state index contributed by atoms with van der Waals surface area (Å²) in [5.74, 6) is 0.426. The van der Waals surface area contributed by atoms with Crippen LogP contribution in [0.3, 0.4) is 0 Å². The van der Waals surface area contributed by atoms with Gasteiger partial charge in [0.05, 0.1) is 6.61 Å². The summed E-state index contributed by atoms with van der Waals surface area (Å²) in [6, 6.07) is 3.86. The van der Waals surface area contributed by atoms with Crippen LogP contribution in [0, 0.1) is 0 Å². The molecule has 0 saturated carbocycles. The predicted octanol–water partition coefficient (Wildman–Crippen LogP) is 0.185. The van der Waals surface area contributed by atoms with Crippen LogP contribution in [0.1, 0.15) is 20.3 Å². The number of hydrogen-bond acceptors (Lipinski definition) is 5. The number of rotatable bonds is 6. The number of aromatic nitrogens is 4. The van der Waals surface area contributed by atoms with Crippen molar-refractivity contribution in [2.45, 2.75) is 26.3 Å². The summed E-state index contributed by atoms with van der Waals surface area (Å²) in [4.78, 5) is 11.3. The fraction of sp³-hybridized carbons (Fsp3) is 0.545.